The van der Waals surface area contributed by atoms with Gasteiger partial charge in [-0.05, 0) is 18.9 Å². The zero-order chi connectivity index (χ0) is 16.0. The van der Waals surface area contributed by atoms with Gasteiger partial charge < -0.3 is 14.7 Å². The summed E-state index contributed by atoms with van der Waals surface area (Å²) in [7, 11) is 0. The lowest BCUT2D eigenvalue weighted by Crippen LogP contribution is -2.51. The number of benzene rings is 1. The molecule has 1 amide bonds. The monoisotopic (exact) mass is 305 g/mol. The topological polar surface area (TPSA) is 66.8 Å². The summed E-state index contributed by atoms with van der Waals surface area (Å²) < 4.78 is 4.89. The molecule has 1 aromatic carbocycles. The van der Waals surface area contributed by atoms with Crippen LogP contribution in [0.1, 0.15) is 31.7 Å². The molecule has 1 saturated heterocycles. The van der Waals surface area contributed by atoms with E-state index in [9.17, 15) is 14.7 Å². The molecule has 1 aliphatic heterocycles. The number of hydrogen-bond donors (Lipinski definition) is 1. The number of likely N-dealkylation sites (tertiary alicyclic amines) is 1. The number of rotatable bonds is 5. The lowest BCUT2D eigenvalue weighted by atomic mass is 9.91. The number of ether oxygens (including phenoxy) is 1. The Morgan fingerprint density at radius 2 is 1.86 bits per heavy atom. The normalized spacial score (nSPS) is 17.1. The second-order valence-corrected chi connectivity index (χ2v) is 5.62. The van der Waals surface area contributed by atoms with Crippen molar-refractivity contribution in [2.45, 2.75) is 38.2 Å². The summed E-state index contributed by atoms with van der Waals surface area (Å²) in [6.07, 6.45) is 1.63. The first-order valence-electron chi connectivity index (χ1n) is 7.76. The van der Waals surface area contributed by atoms with Gasteiger partial charge >= 0.3 is 5.97 Å². The number of carbonyl (C=O) groups is 2. The fraction of sp³-hybridized carbons (Fsp3) is 0.529. The minimum absolute atomic E-state index is 0.0646. The maximum absolute atomic E-state index is 12.2. The Bertz CT molecular complexity index is 507. The first-order chi connectivity index (χ1) is 10.5. The molecule has 1 fully saturated rings. The molecule has 0 atom stereocenters. The SMILES string of the molecule is CCOC(=O)C1(O)CCN(C(=O)CCc2ccccc2)CC1. The van der Waals surface area contributed by atoms with E-state index in [2.05, 4.69) is 0 Å². The summed E-state index contributed by atoms with van der Waals surface area (Å²) in [6, 6.07) is 9.87. The molecule has 5 heteroatoms. The predicted molar refractivity (Wildman–Crippen MR) is 82.2 cm³/mol. The summed E-state index contributed by atoms with van der Waals surface area (Å²) in [4.78, 5) is 25.7. The van der Waals surface area contributed by atoms with Crippen molar-refractivity contribution in [1.82, 2.24) is 4.90 Å². The van der Waals surface area contributed by atoms with Crippen LogP contribution in [0.4, 0.5) is 0 Å². The van der Waals surface area contributed by atoms with E-state index >= 15 is 0 Å². The Morgan fingerprint density at radius 1 is 1.23 bits per heavy atom. The zero-order valence-corrected chi connectivity index (χ0v) is 13.0. The molecular weight excluding hydrogens is 282 g/mol. The molecule has 1 N–H and O–H groups in total. The van der Waals surface area contributed by atoms with Gasteiger partial charge in [0.05, 0.1) is 6.61 Å². The Kier molecular flexibility index (Phi) is 5.55. The number of carbonyl (C=O) groups excluding carboxylic acids is 2. The molecule has 0 aliphatic carbocycles. The molecule has 1 aromatic rings. The van der Waals surface area contributed by atoms with Crippen LogP contribution in [0.15, 0.2) is 30.3 Å². The number of esters is 1. The van der Waals surface area contributed by atoms with Crippen LogP contribution in [0.3, 0.4) is 0 Å². The number of amides is 1. The second-order valence-electron chi connectivity index (χ2n) is 5.62. The van der Waals surface area contributed by atoms with Crippen molar-refractivity contribution in [2.75, 3.05) is 19.7 Å². The molecule has 5 nitrogen and oxygen atoms in total. The van der Waals surface area contributed by atoms with Gasteiger partial charge in [0.1, 0.15) is 0 Å². The standard InChI is InChI=1S/C17H23NO4/c1-2-22-16(20)17(21)10-12-18(13-11-17)15(19)9-8-14-6-4-3-5-7-14/h3-7,21H,2,8-13H2,1H3. The van der Waals surface area contributed by atoms with Crippen molar-refractivity contribution < 1.29 is 19.4 Å². The van der Waals surface area contributed by atoms with Crippen LogP contribution in [0.2, 0.25) is 0 Å². The Balaban J connectivity index is 1.81. The van der Waals surface area contributed by atoms with E-state index in [1.807, 2.05) is 30.3 Å². The maximum atomic E-state index is 12.2. The van der Waals surface area contributed by atoms with Crippen LogP contribution in [0.5, 0.6) is 0 Å². The first-order valence-corrected chi connectivity index (χ1v) is 7.76. The van der Waals surface area contributed by atoms with Crippen molar-refractivity contribution in [1.29, 1.82) is 0 Å². The fourth-order valence-corrected chi connectivity index (χ4v) is 2.65. The van der Waals surface area contributed by atoms with Crippen LogP contribution in [-0.2, 0) is 20.7 Å². The molecule has 0 unspecified atom stereocenters. The van der Waals surface area contributed by atoms with Gasteiger partial charge in [-0.25, -0.2) is 4.79 Å². The van der Waals surface area contributed by atoms with Gasteiger partial charge in [0, 0.05) is 32.4 Å². The Morgan fingerprint density at radius 3 is 2.45 bits per heavy atom. The molecule has 0 spiro atoms. The molecule has 0 radical (unpaired) electrons. The van der Waals surface area contributed by atoms with E-state index in [1.54, 1.807) is 11.8 Å². The minimum Gasteiger partial charge on any atom is -0.464 e. The average Bonchev–Trinajstić information content (AvgIpc) is 2.54. The number of aryl methyl sites for hydroxylation is 1. The lowest BCUT2D eigenvalue weighted by molar-refractivity contribution is -0.171. The fourth-order valence-electron chi connectivity index (χ4n) is 2.65. The highest BCUT2D eigenvalue weighted by Crippen LogP contribution is 2.24. The number of nitrogens with zero attached hydrogens (tertiary/aromatic N) is 1. The molecule has 2 rings (SSSR count). The number of piperidine rings is 1. The van der Waals surface area contributed by atoms with E-state index in [1.165, 1.54) is 0 Å². The van der Waals surface area contributed by atoms with E-state index in [0.717, 1.165) is 5.56 Å². The summed E-state index contributed by atoms with van der Waals surface area (Å²) in [5, 5.41) is 10.3. The lowest BCUT2D eigenvalue weighted by Gasteiger charge is -2.36. The molecule has 120 valence electrons. The van der Waals surface area contributed by atoms with Crippen molar-refractivity contribution in [3.05, 3.63) is 35.9 Å². The van der Waals surface area contributed by atoms with Crippen molar-refractivity contribution in [2.24, 2.45) is 0 Å². The third-order valence-electron chi connectivity index (χ3n) is 4.07. The molecule has 22 heavy (non-hydrogen) atoms. The van der Waals surface area contributed by atoms with E-state index in [0.29, 0.717) is 25.9 Å². The van der Waals surface area contributed by atoms with Gasteiger partial charge in [0.25, 0.3) is 0 Å². The van der Waals surface area contributed by atoms with E-state index in [-0.39, 0.29) is 25.4 Å². The smallest absolute Gasteiger partial charge is 0.338 e. The number of aliphatic hydroxyl groups is 1. The van der Waals surface area contributed by atoms with Crippen molar-refractivity contribution in [3.8, 4) is 0 Å². The highest BCUT2D eigenvalue weighted by molar-refractivity contribution is 5.81. The highest BCUT2D eigenvalue weighted by Gasteiger charge is 2.41. The first kappa shape index (κ1) is 16.5. The molecule has 1 aliphatic rings. The molecule has 0 bridgehead atoms. The maximum Gasteiger partial charge on any atom is 0.338 e. The second kappa shape index (κ2) is 7.40. The molecule has 0 aromatic heterocycles. The number of hydrogen-bond acceptors (Lipinski definition) is 4. The van der Waals surface area contributed by atoms with Gasteiger partial charge in [-0.15, -0.1) is 0 Å². The largest absolute Gasteiger partial charge is 0.464 e. The summed E-state index contributed by atoms with van der Waals surface area (Å²) in [6.45, 7) is 2.75. The molecule has 1 heterocycles. The zero-order valence-electron chi connectivity index (χ0n) is 13.0. The van der Waals surface area contributed by atoms with Crippen LogP contribution >= 0.6 is 0 Å². The van der Waals surface area contributed by atoms with Crippen molar-refractivity contribution >= 4 is 11.9 Å². The van der Waals surface area contributed by atoms with Gasteiger partial charge in [0.2, 0.25) is 5.91 Å². The molecule has 0 saturated carbocycles. The van der Waals surface area contributed by atoms with Crippen LogP contribution in [-0.4, -0.2) is 47.2 Å². The summed E-state index contributed by atoms with van der Waals surface area (Å²) >= 11 is 0. The minimum atomic E-state index is -1.44. The van der Waals surface area contributed by atoms with Crippen molar-refractivity contribution in [3.63, 3.8) is 0 Å². The summed E-state index contributed by atoms with van der Waals surface area (Å²) in [5.41, 5.74) is -0.303. The van der Waals surface area contributed by atoms with Gasteiger partial charge in [-0.2, -0.15) is 0 Å². The highest BCUT2D eigenvalue weighted by atomic mass is 16.5. The van der Waals surface area contributed by atoms with E-state index < -0.39 is 11.6 Å². The van der Waals surface area contributed by atoms with Gasteiger partial charge in [-0.3, -0.25) is 4.79 Å². The van der Waals surface area contributed by atoms with Crippen LogP contribution < -0.4 is 0 Å². The molecular formula is C17H23NO4. The van der Waals surface area contributed by atoms with Crippen LogP contribution in [0.25, 0.3) is 0 Å². The Hall–Kier alpha value is -1.88. The third kappa shape index (κ3) is 4.07. The van der Waals surface area contributed by atoms with E-state index in [4.69, 9.17) is 4.74 Å². The summed E-state index contributed by atoms with van der Waals surface area (Å²) in [5.74, 6) is -0.513. The average molecular weight is 305 g/mol. The quantitative estimate of drug-likeness (QED) is 0.838. The Labute approximate surface area is 130 Å². The van der Waals surface area contributed by atoms with Gasteiger partial charge in [-0.1, -0.05) is 30.3 Å². The van der Waals surface area contributed by atoms with Crippen LogP contribution in [0, 0.1) is 0 Å². The van der Waals surface area contributed by atoms with Gasteiger partial charge in [0.15, 0.2) is 5.60 Å². The predicted octanol–water partition coefficient (Wildman–Crippen LogP) is 1.54. The third-order valence-corrected chi connectivity index (χ3v) is 4.07.